The summed E-state index contributed by atoms with van der Waals surface area (Å²) in [5, 5.41) is 11.2. The Morgan fingerprint density at radius 2 is 2.33 bits per heavy atom. The third-order valence-electron chi connectivity index (χ3n) is 2.22. The lowest BCUT2D eigenvalue weighted by molar-refractivity contribution is 0.0945. The molecule has 0 saturated heterocycles. The average molecular weight is 267 g/mol. The van der Waals surface area contributed by atoms with Crippen molar-refractivity contribution >= 4 is 17.2 Å². The largest absolute Gasteiger partial charge is 0.343 e. The SMILES string of the molecule is CC(C)c1nc(C(=O)NCc2n[nH]c(=O)[nH]2)cs1. The summed E-state index contributed by atoms with van der Waals surface area (Å²) in [6.45, 7) is 4.20. The van der Waals surface area contributed by atoms with Gasteiger partial charge in [0.05, 0.1) is 11.6 Å². The Bertz CT molecular complexity index is 597. The van der Waals surface area contributed by atoms with E-state index < -0.39 is 5.69 Å². The molecule has 0 aliphatic carbocycles. The molecule has 0 radical (unpaired) electrons. The molecule has 0 aliphatic rings. The van der Waals surface area contributed by atoms with Crippen molar-refractivity contribution in [2.75, 3.05) is 0 Å². The van der Waals surface area contributed by atoms with Crippen molar-refractivity contribution in [1.29, 1.82) is 0 Å². The molecular weight excluding hydrogens is 254 g/mol. The summed E-state index contributed by atoms with van der Waals surface area (Å²) in [5.74, 6) is 0.411. The number of nitrogens with one attached hydrogen (secondary N) is 3. The first-order valence-electron chi connectivity index (χ1n) is 5.43. The Balaban J connectivity index is 1.97. The van der Waals surface area contributed by atoms with Crippen LogP contribution in [0.5, 0.6) is 0 Å². The number of carbonyl (C=O) groups is 1. The lowest BCUT2D eigenvalue weighted by Gasteiger charge is -2.00. The molecule has 1 amide bonds. The van der Waals surface area contributed by atoms with E-state index in [1.807, 2.05) is 13.8 Å². The number of hydrogen-bond donors (Lipinski definition) is 3. The van der Waals surface area contributed by atoms with Gasteiger partial charge in [0.25, 0.3) is 5.91 Å². The highest BCUT2D eigenvalue weighted by Gasteiger charge is 2.12. The van der Waals surface area contributed by atoms with E-state index in [9.17, 15) is 9.59 Å². The van der Waals surface area contributed by atoms with Crippen LogP contribution in [-0.2, 0) is 6.54 Å². The number of H-pyrrole nitrogens is 2. The molecule has 0 fully saturated rings. The fraction of sp³-hybridized carbons (Fsp3) is 0.400. The molecule has 2 heterocycles. The van der Waals surface area contributed by atoms with E-state index in [-0.39, 0.29) is 12.5 Å². The highest BCUT2D eigenvalue weighted by Crippen LogP contribution is 2.18. The van der Waals surface area contributed by atoms with E-state index in [4.69, 9.17) is 0 Å². The maximum Gasteiger partial charge on any atom is 0.340 e. The van der Waals surface area contributed by atoms with Gasteiger partial charge >= 0.3 is 5.69 Å². The Hall–Kier alpha value is -1.96. The van der Waals surface area contributed by atoms with Crippen LogP contribution in [0.4, 0.5) is 0 Å². The molecule has 0 atom stereocenters. The first-order valence-corrected chi connectivity index (χ1v) is 6.31. The number of nitrogens with zero attached hydrogens (tertiary/aromatic N) is 2. The Morgan fingerprint density at radius 3 is 2.89 bits per heavy atom. The lowest BCUT2D eigenvalue weighted by Crippen LogP contribution is -2.24. The Labute approximate surface area is 107 Å². The molecule has 2 rings (SSSR count). The second kappa shape index (κ2) is 5.13. The molecule has 3 N–H and O–H groups in total. The second-order valence-electron chi connectivity index (χ2n) is 4.03. The maximum atomic E-state index is 11.8. The number of thiazole rings is 1. The van der Waals surface area contributed by atoms with Gasteiger partial charge in [0, 0.05) is 11.3 Å². The number of rotatable bonds is 4. The van der Waals surface area contributed by atoms with Crippen LogP contribution >= 0.6 is 11.3 Å². The Morgan fingerprint density at radius 1 is 1.56 bits per heavy atom. The summed E-state index contributed by atoms with van der Waals surface area (Å²) >= 11 is 1.46. The van der Waals surface area contributed by atoms with E-state index in [1.165, 1.54) is 11.3 Å². The van der Waals surface area contributed by atoms with Crippen LogP contribution in [0.25, 0.3) is 0 Å². The van der Waals surface area contributed by atoms with Crippen LogP contribution in [0.3, 0.4) is 0 Å². The van der Waals surface area contributed by atoms with Crippen LogP contribution in [-0.4, -0.2) is 26.1 Å². The molecule has 8 heteroatoms. The highest BCUT2D eigenvalue weighted by atomic mass is 32.1. The van der Waals surface area contributed by atoms with E-state index >= 15 is 0 Å². The van der Waals surface area contributed by atoms with Crippen LogP contribution in [0.15, 0.2) is 10.2 Å². The van der Waals surface area contributed by atoms with Gasteiger partial charge in [-0.25, -0.2) is 14.9 Å². The Kier molecular flexibility index (Phi) is 3.56. The fourth-order valence-electron chi connectivity index (χ4n) is 1.30. The molecular formula is C10H13N5O2S. The molecule has 18 heavy (non-hydrogen) atoms. The van der Waals surface area contributed by atoms with Crippen molar-refractivity contribution in [3.63, 3.8) is 0 Å². The zero-order valence-corrected chi connectivity index (χ0v) is 10.8. The fourth-order valence-corrected chi connectivity index (χ4v) is 2.12. The van der Waals surface area contributed by atoms with E-state index in [0.717, 1.165) is 5.01 Å². The standard InChI is InChI=1S/C10H13N5O2S/c1-5(2)9-12-6(4-18-9)8(16)11-3-7-13-10(17)15-14-7/h4-5H,3H2,1-2H3,(H,11,16)(H2,13,14,15,17). The van der Waals surface area contributed by atoms with Crippen molar-refractivity contribution in [3.05, 3.63) is 32.4 Å². The molecule has 0 aliphatic heterocycles. The lowest BCUT2D eigenvalue weighted by atomic mass is 10.2. The van der Waals surface area contributed by atoms with Gasteiger partial charge in [0.1, 0.15) is 11.5 Å². The number of aromatic nitrogens is 4. The van der Waals surface area contributed by atoms with Gasteiger partial charge in [0.2, 0.25) is 0 Å². The van der Waals surface area contributed by atoms with Crippen LogP contribution < -0.4 is 11.0 Å². The third kappa shape index (κ3) is 2.83. The number of carbonyl (C=O) groups excluding carboxylic acids is 1. The molecule has 0 bridgehead atoms. The van der Waals surface area contributed by atoms with Crippen LogP contribution in [0, 0.1) is 0 Å². The number of hydrogen-bond acceptors (Lipinski definition) is 5. The van der Waals surface area contributed by atoms with Crippen molar-refractivity contribution < 1.29 is 4.79 Å². The third-order valence-corrected chi connectivity index (χ3v) is 3.36. The monoisotopic (exact) mass is 267 g/mol. The van der Waals surface area contributed by atoms with Crippen molar-refractivity contribution in [2.45, 2.75) is 26.3 Å². The summed E-state index contributed by atoms with van der Waals surface area (Å²) < 4.78 is 0. The van der Waals surface area contributed by atoms with Gasteiger partial charge in [-0.1, -0.05) is 13.8 Å². The zero-order chi connectivity index (χ0) is 13.1. The number of aromatic amines is 2. The predicted octanol–water partition coefficient (Wildman–Crippen LogP) is 0.608. The van der Waals surface area contributed by atoms with Gasteiger partial charge in [-0.2, -0.15) is 5.10 Å². The highest BCUT2D eigenvalue weighted by molar-refractivity contribution is 7.09. The molecule has 96 valence electrons. The van der Waals surface area contributed by atoms with Crippen molar-refractivity contribution in [2.24, 2.45) is 0 Å². The minimum absolute atomic E-state index is 0.159. The van der Waals surface area contributed by atoms with E-state index in [1.54, 1.807) is 5.38 Å². The van der Waals surface area contributed by atoms with Crippen LogP contribution in [0.2, 0.25) is 0 Å². The summed E-state index contributed by atoms with van der Waals surface area (Å²) in [6, 6.07) is 0. The first kappa shape index (κ1) is 12.5. The van der Waals surface area contributed by atoms with Crippen molar-refractivity contribution in [1.82, 2.24) is 25.5 Å². The molecule has 0 saturated carbocycles. The number of amides is 1. The first-order chi connectivity index (χ1) is 8.56. The second-order valence-corrected chi connectivity index (χ2v) is 4.92. The molecule has 2 aromatic heterocycles. The molecule has 0 unspecified atom stereocenters. The maximum absolute atomic E-state index is 11.8. The molecule has 7 nitrogen and oxygen atoms in total. The van der Waals surface area contributed by atoms with Crippen molar-refractivity contribution in [3.8, 4) is 0 Å². The minimum atomic E-state index is -0.394. The summed E-state index contributed by atoms with van der Waals surface area (Å²) in [4.78, 5) is 29.2. The topological polar surface area (TPSA) is 104 Å². The van der Waals surface area contributed by atoms with Crippen LogP contribution in [0.1, 0.15) is 41.1 Å². The van der Waals surface area contributed by atoms with Gasteiger partial charge in [0.15, 0.2) is 0 Å². The average Bonchev–Trinajstić information content (AvgIpc) is 2.94. The summed E-state index contributed by atoms with van der Waals surface area (Å²) in [7, 11) is 0. The van der Waals surface area contributed by atoms with Gasteiger partial charge in [-0.3, -0.25) is 9.78 Å². The summed E-state index contributed by atoms with van der Waals surface area (Å²) in [6.07, 6.45) is 0. The van der Waals surface area contributed by atoms with E-state index in [0.29, 0.717) is 17.4 Å². The predicted molar refractivity (Wildman–Crippen MR) is 66.6 cm³/mol. The van der Waals surface area contributed by atoms with Gasteiger partial charge in [-0.05, 0) is 0 Å². The zero-order valence-electron chi connectivity index (χ0n) is 9.98. The quantitative estimate of drug-likeness (QED) is 0.755. The smallest absolute Gasteiger partial charge is 0.340 e. The van der Waals surface area contributed by atoms with Gasteiger partial charge < -0.3 is 5.32 Å². The van der Waals surface area contributed by atoms with Gasteiger partial charge in [-0.15, -0.1) is 11.3 Å². The normalized spacial score (nSPS) is 10.8. The molecule has 2 aromatic rings. The molecule has 0 aromatic carbocycles. The minimum Gasteiger partial charge on any atom is -0.343 e. The summed E-state index contributed by atoms with van der Waals surface area (Å²) in [5.41, 5.74) is -0.00316. The molecule has 0 spiro atoms. The van der Waals surface area contributed by atoms with E-state index in [2.05, 4.69) is 25.5 Å².